The Hall–Kier alpha value is -2.37. The van der Waals surface area contributed by atoms with Crippen LogP contribution in [0, 0.1) is 0 Å². The number of anilines is 1. The zero-order chi connectivity index (χ0) is 18.2. The van der Waals surface area contributed by atoms with E-state index in [0.29, 0.717) is 11.3 Å². The number of para-hydroxylation sites is 1. The Morgan fingerprint density at radius 3 is 2.44 bits per heavy atom. The molecule has 0 N–H and O–H groups in total. The lowest BCUT2D eigenvalue weighted by atomic mass is 10.1. The van der Waals surface area contributed by atoms with Crippen LogP contribution in [0.25, 0.3) is 0 Å². The molecule has 1 heterocycles. The van der Waals surface area contributed by atoms with Crippen LogP contribution in [0.1, 0.15) is 49.9 Å². The van der Waals surface area contributed by atoms with Crippen molar-refractivity contribution in [3.05, 3.63) is 29.8 Å². The fourth-order valence-corrected chi connectivity index (χ4v) is 3.05. The maximum Gasteiger partial charge on any atom is 0.340 e. The van der Waals surface area contributed by atoms with Gasteiger partial charge in [-0.25, -0.2) is 4.79 Å². The molecule has 0 aliphatic carbocycles. The third kappa shape index (κ3) is 5.05. The summed E-state index contributed by atoms with van der Waals surface area (Å²) < 4.78 is 5.07. The van der Waals surface area contributed by atoms with Crippen LogP contribution in [-0.4, -0.2) is 48.9 Å². The molecule has 0 spiro atoms. The molecule has 136 valence electrons. The van der Waals surface area contributed by atoms with Crippen LogP contribution in [-0.2, 0) is 14.3 Å². The van der Waals surface area contributed by atoms with E-state index in [4.69, 9.17) is 4.74 Å². The van der Waals surface area contributed by atoms with Crippen molar-refractivity contribution in [2.75, 3.05) is 31.1 Å². The summed E-state index contributed by atoms with van der Waals surface area (Å²) >= 11 is 0. The average Bonchev–Trinajstić information content (AvgIpc) is 2.62. The summed E-state index contributed by atoms with van der Waals surface area (Å²) in [6.45, 7) is 5.27. The number of hydrogen-bond acceptors (Lipinski definition) is 4. The van der Waals surface area contributed by atoms with Gasteiger partial charge in [0.15, 0.2) is 0 Å². The van der Waals surface area contributed by atoms with Gasteiger partial charge in [0.1, 0.15) is 0 Å². The summed E-state index contributed by atoms with van der Waals surface area (Å²) in [4.78, 5) is 40.0. The van der Waals surface area contributed by atoms with Crippen LogP contribution in [0.4, 0.5) is 5.69 Å². The first kappa shape index (κ1) is 19.0. The summed E-state index contributed by atoms with van der Waals surface area (Å²) in [5, 5.41) is 0. The number of carbonyl (C=O) groups is 3. The van der Waals surface area contributed by atoms with Gasteiger partial charge in [0.05, 0.1) is 17.9 Å². The highest BCUT2D eigenvalue weighted by Crippen LogP contribution is 2.22. The van der Waals surface area contributed by atoms with E-state index in [1.54, 1.807) is 31.2 Å². The molecule has 1 aromatic rings. The average molecular weight is 346 g/mol. The Morgan fingerprint density at radius 2 is 1.80 bits per heavy atom. The molecule has 0 bridgehead atoms. The van der Waals surface area contributed by atoms with Crippen molar-refractivity contribution >= 4 is 23.5 Å². The smallest absolute Gasteiger partial charge is 0.340 e. The van der Waals surface area contributed by atoms with Crippen molar-refractivity contribution in [2.24, 2.45) is 0 Å². The van der Waals surface area contributed by atoms with Gasteiger partial charge in [0.25, 0.3) is 0 Å². The minimum atomic E-state index is -0.466. The van der Waals surface area contributed by atoms with E-state index in [1.165, 1.54) is 11.8 Å². The van der Waals surface area contributed by atoms with Gasteiger partial charge in [-0.05, 0) is 38.3 Å². The molecule has 2 rings (SSSR count). The Balaban J connectivity index is 2.11. The third-order valence-electron chi connectivity index (χ3n) is 4.33. The molecule has 2 amide bonds. The molecule has 1 fully saturated rings. The molecular weight excluding hydrogens is 320 g/mol. The lowest BCUT2D eigenvalue weighted by Gasteiger charge is -2.28. The third-order valence-corrected chi connectivity index (χ3v) is 4.33. The topological polar surface area (TPSA) is 66.9 Å². The van der Waals surface area contributed by atoms with Crippen LogP contribution in [0.15, 0.2) is 24.3 Å². The second-order valence-electron chi connectivity index (χ2n) is 6.10. The number of amides is 2. The van der Waals surface area contributed by atoms with Gasteiger partial charge in [-0.2, -0.15) is 0 Å². The predicted octanol–water partition coefficient (Wildman–Crippen LogP) is 2.62. The summed E-state index contributed by atoms with van der Waals surface area (Å²) in [6, 6.07) is 6.84. The molecule has 0 unspecified atom stereocenters. The minimum Gasteiger partial charge on any atom is -0.462 e. The number of carbonyl (C=O) groups excluding carboxylic acids is 3. The molecule has 25 heavy (non-hydrogen) atoms. The van der Waals surface area contributed by atoms with E-state index in [0.717, 1.165) is 32.4 Å². The zero-order valence-electron chi connectivity index (χ0n) is 15.0. The Labute approximate surface area is 148 Å². The lowest BCUT2D eigenvalue weighted by Crippen LogP contribution is -2.39. The second kappa shape index (κ2) is 9.20. The largest absolute Gasteiger partial charge is 0.462 e. The SMILES string of the molecule is CCOC(=O)c1ccccc1N(CCC(=O)N1CCCCC1)C(C)=O. The Kier molecular flexibility index (Phi) is 6.98. The maximum absolute atomic E-state index is 12.4. The highest BCUT2D eigenvalue weighted by Gasteiger charge is 2.22. The van der Waals surface area contributed by atoms with Gasteiger partial charge in [-0.15, -0.1) is 0 Å². The van der Waals surface area contributed by atoms with Gasteiger partial charge in [0, 0.05) is 33.0 Å². The predicted molar refractivity (Wildman–Crippen MR) is 95.5 cm³/mol. The molecule has 0 radical (unpaired) electrons. The van der Waals surface area contributed by atoms with E-state index in [9.17, 15) is 14.4 Å². The number of esters is 1. The molecule has 1 aromatic carbocycles. The Morgan fingerprint density at radius 1 is 1.12 bits per heavy atom. The lowest BCUT2D eigenvalue weighted by molar-refractivity contribution is -0.131. The zero-order valence-corrected chi connectivity index (χ0v) is 15.0. The standard InChI is InChI=1S/C19H26N2O4/c1-3-25-19(24)16-9-5-6-10-17(16)21(15(2)22)14-11-18(23)20-12-7-4-8-13-20/h5-6,9-10H,3-4,7-8,11-14H2,1-2H3. The minimum absolute atomic E-state index is 0.0552. The van der Waals surface area contributed by atoms with Gasteiger partial charge in [0.2, 0.25) is 11.8 Å². The number of rotatable bonds is 6. The molecule has 0 aromatic heterocycles. The molecule has 1 aliphatic rings. The van der Waals surface area contributed by atoms with Crippen molar-refractivity contribution in [1.82, 2.24) is 4.90 Å². The second-order valence-corrected chi connectivity index (χ2v) is 6.10. The van der Waals surface area contributed by atoms with Crippen molar-refractivity contribution in [3.8, 4) is 0 Å². The first-order valence-corrected chi connectivity index (χ1v) is 8.86. The summed E-state index contributed by atoms with van der Waals surface area (Å²) in [6.07, 6.45) is 3.48. The molecule has 1 aliphatic heterocycles. The van der Waals surface area contributed by atoms with Crippen LogP contribution in [0.5, 0.6) is 0 Å². The van der Waals surface area contributed by atoms with Crippen molar-refractivity contribution in [3.63, 3.8) is 0 Å². The van der Waals surface area contributed by atoms with Crippen LogP contribution < -0.4 is 4.90 Å². The molecule has 6 nitrogen and oxygen atoms in total. The Bertz CT molecular complexity index is 624. The number of likely N-dealkylation sites (tertiary alicyclic amines) is 1. The maximum atomic E-state index is 12.4. The number of ether oxygens (including phenoxy) is 1. The quantitative estimate of drug-likeness (QED) is 0.743. The molecular formula is C19H26N2O4. The summed E-state index contributed by atoms with van der Waals surface area (Å²) in [5.74, 6) is -0.616. The van der Waals surface area contributed by atoms with Gasteiger partial charge < -0.3 is 14.5 Å². The van der Waals surface area contributed by atoms with Gasteiger partial charge in [-0.1, -0.05) is 12.1 Å². The summed E-state index contributed by atoms with van der Waals surface area (Å²) in [5.41, 5.74) is 0.824. The van der Waals surface area contributed by atoms with Crippen molar-refractivity contribution in [1.29, 1.82) is 0 Å². The van der Waals surface area contributed by atoms with Crippen molar-refractivity contribution < 1.29 is 19.1 Å². The number of nitrogens with zero attached hydrogens (tertiary/aromatic N) is 2. The number of piperidine rings is 1. The first-order chi connectivity index (χ1) is 12.0. The van der Waals surface area contributed by atoms with Crippen LogP contribution in [0.3, 0.4) is 0 Å². The van der Waals surface area contributed by atoms with E-state index in [-0.39, 0.29) is 31.4 Å². The van der Waals surface area contributed by atoms with Crippen LogP contribution in [0.2, 0.25) is 0 Å². The highest BCUT2D eigenvalue weighted by molar-refractivity contribution is 6.02. The summed E-state index contributed by atoms with van der Waals surface area (Å²) in [7, 11) is 0. The normalized spacial score (nSPS) is 14.1. The van der Waals surface area contributed by atoms with Gasteiger partial charge >= 0.3 is 5.97 Å². The fourth-order valence-electron chi connectivity index (χ4n) is 3.05. The molecule has 0 saturated carbocycles. The number of benzene rings is 1. The first-order valence-electron chi connectivity index (χ1n) is 8.86. The van der Waals surface area contributed by atoms with Gasteiger partial charge in [-0.3, -0.25) is 9.59 Å². The van der Waals surface area contributed by atoms with E-state index < -0.39 is 5.97 Å². The molecule has 1 saturated heterocycles. The van der Waals surface area contributed by atoms with Crippen molar-refractivity contribution in [2.45, 2.75) is 39.5 Å². The fraction of sp³-hybridized carbons (Fsp3) is 0.526. The molecule has 6 heteroatoms. The monoisotopic (exact) mass is 346 g/mol. The molecule has 0 atom stereocenters. The highest BCUT2D eigenvalue weighted by atomic mass is 16.5. The van der Waals surface area contributed by atoms with E-state index >= 15 is 0 Å². The van der Waals surface area contributed by atoms with E-state index in [2.05, 4.69) is 0 Å². The van der Waals surface area contributed by atoms with Crippen LogP contribution >= 0.6 is 0 Å². The van der Waals surface area contributed by atoms with E-state index in [1.807, 2.05) is 4.90 Å². The number of hydrogen-bond donors (Lipinski definition) is 0.